The molecule has 3 nitrogen and oxygen atoms in total. The molecule has 0 saturated heterocycles. The Labute approximate surface area is 237 Å². The van der Waals surface area contributed by atoms with Gasteiger partial charge in [-0.25, -0.2) is 4.98 Å². The molecule has 0 atom stereocenters. The zero-order valence-corrected chi connectivity index (χ0v) is 22.5. The molecular weight excluding hydrogens is 488 g/mol. The number of hydrogen-bond acceptors (Lipinski definition) is 2. The molecule has 0 aliphatic carbocycles. The maximum absolute atomic E-state index is 8.61. The molecule has 0 saturated carbocycles. The van der Waals surface area contributed by atoms with E-state index in [0.29, 0.717) is 11.1 Å². The highest BCUT2D eigenvalue weighted by atomic mass is 16.3. The molecule has 0 amide bonds. The molecule has 0 fully saturated rings. The Hall–Kier alpha value is -4.89. The molecule has 2 aromatic heterocycles. The number of nitrogens with zero attached hydrogens (tertiary/aromatic N) is 2. The molecule has 0 radical (unpaired) electrons. The van der Waals surface area contributed by atoms with Crippen molar-refractivity contribution in [3.63, 3.8) is 0 Å². The topological polar surface area (TPSA) is 31.0 Å². The predicted octanol–water partition coefficient (Wildman–Crippen LogP) is 9.97. The maximum Gasteiger partial charge on any atom is 0.149 e. The Balaban J connectivity index is 1.54. The van der Waals surface area contributed by atoms with Crippen LogP contribution >= 0.6 is 0 Å². The number of benzene rings is 5. The summed E-state index contributed by atoms with van der Waals surface area (Å²) in [5.74, 6) is 0.606. The standard InChI is InChI=1S/C37H30N2O/c1-25(2)22-26-20-21-31-32(24-40-35(31)23-26)37-38-33-18-9-10-19-34(33)39(37)36-29(27-12-5-3-6-13-27)16-11-17-30(36)28-14-7-4-8-15-28/h3-21,23-25H,22H2,1-2H3/i22D2. The summed E-state index contributed by atoms with van der Waals surface area (Å²) in [6.45, 7) is 3.79. The average molecular weight is 521 g/mol. The summed E-state index contributed by atoms with van der Waals surface area (Å²) in [6, 6.07) is 41.3. The Morgan fingerprint density at radius 3 is 2.05 bits per heavy atom. The average Bonchev–Trinajstić information content (AvgIpc) is 3.62. The van der Waals surface area contributed by atoms with Gasteiger partial charge < -0.3 is 4.42 Å². The SMILES string of the molecule is [2H]C([2H])(c1ccc2c(-c3nc4ccccc4n3-c3c(-c4ccccc4)cccc3-c3ccccc3)coc2c1)C(C)C. The van der Waals surface area contributed by atoms with Crippen LogP contribution in [0.5, 0.6) is 0 Å². The number of para-hydroxylation sites is 3. The van der Waals surface area contributed by atoms with Gasteiger partial charge in [0.2, 0.25) is 0 Å². The molecule has 194 valence electrons. The predicted molar refractivity (Wildman–Crippen MR) is 166 cm³/mol. The van der Waals surface area contributed by atoms with Crippen LogP contribution in [0.2, 0.25) is 0 Å². The normalized spacial score (nSPS) is 12.7. The van der Waals surface area contributed by atoms with Crippen LogP contribution in [0.1, 0.15) is 22.2 Å². The number of imidazole rings is 1. The highest BCUT2D eigenvalue weighted by molar-refractivity contribution is 5.98. The van der Waals surface area contributed by atoms with Crippen LogP contribution < -0.4 is 0 Å². The van der Waals surface area contributed by atoms with Gasteiger partial charge in [-0.05, 0) is 47.2 Å². The molecule has 7 rings (SSSR count). The first-order chi connectivity index (χ1) is 20.4. The second kappa shape index (κ2) is 10.0. The van der Waals surface area contributed by atoms with Gasteiger partial charge in [0, 0.05) is 19.3 Å². The van der Waals surface area contributed by atoms with Gasteiger partial charge in [0.15, 0.2) is 0 Å². The van der Waals surface area contributed by atoms with Crippen molar-refractivity contribution in [1.82, 2.24) is 9.55 Å². The number of hydrogen-bond donors (Lipinski definition) is 0. The van der Waals surface area contributed by atoms with Crippen LogP contribution in [-0.4, -0.2) is 9.55 Å². The van der Waals surface area contributed by atoms with Gasteiger partial charge in [0.1, 0.15) is 17.7 Å². The minimum absolute atomic E-state index is 0.167. The van der Waals surface area contributed by atoms with Crippen LogP contribution in [0.3, 0.4) is 0 Å². The van der Waals surface area contributed by atoms with Crippen molar-refractivity contribution in [1.29, 1.82) is 0 Å². The molecular formula is C37H30N2O. The summed E-state index contributed by atoms with van der Waals surface area (Å²) >= 11 is 0. The second-order valence-electron chi connectivity index (χ2n) is 10.4. The van der Waals surface area contributed by atoms with E-state index in [-0.39, 0.29) is 5.92 Å². The van der Waals surface area contributed by atoms with E-state index in [0.717, 1.165) is 55.7 Å². The lowest BCUT2D eigenvalue weighted by Crippen LogP contribution is -2.03. The first-order valence-electron chi connectivity index (χ1n) is 14.7. The minimum atomic E-state index is -1.46. The van der Waals surface area contributed by atoms with Crippen LogP contribution in [0, 0.1) is 5.92 Å². The van der Waals surface area contributed by atoms with Crippen LogP contribution in [0.25, 0.3) is 61.3 Å². The third-order valence-electron chi connectivity index (χ3n) is 7.26. The molecule has 0 unspecified atom stereocenters. The summed E-state index contributed by atoms with van der Waals surface area (Å²) in [4.78, 5) is 5.18. The molecule has 3 heteroatoms. The third kappa shape index (κ3) is 4.20. The molecule has 40 heavy (non-hydrogen) atoms. The van der Waals surface area contributed by atoms with E-state index < -0.39 is 6.37 Å². The van der Waals surface area contributed by atoms with E-state index in [4.69, 9.17) is 12.1 Å². The lowest BCUT2D eigenvalue weighted by atomic mass is 9.95. The molecule has 0 N–H and O–H groups in total. The van der Waals surface area contributed by atoms with E-state index in [1.165, 1.54) is 0 Å². The summed E-state index contributed by atoms with van der Waals surface area (Å²) in [7, 11) is 0. The van der Waals surface area contributed by atoms with Crippen molar-refractivity contribution >= 4 is 22.0 Å². The van der Waals surface area contributed by atoms with Gasteiger partial charge in [0.25, 0.3) is 0 Å². The maximum atomic E-state index is 8.61. The number of furan rings is 1. The zero-order valence-electron chi connectivity index (χ0n) is 24.5. The summed E-state index contributed by atoms with van der Waals surface area (Å²) in [5, 5.41) is 0.897. The van der Waals surface area contributed by atoms with Crippen molar-refractivity contribution in [2.24, 2.45) is 5.92 Å². The Morgan fingerprint density at radius 2 is 1.38 bits per heavy atom. The van der Waals surface area contributed by atoms with Crippen LogP contribution in [0.15, 0.2) is 132 Å². The van der Waals surface area contributed by atoms with Gasteiger partial charge in [-0.1, -0.05) is 117 Å². The summed E-state index contributed by atoms with van der Waals surface area (Å²) in [6.07, 6.45) is 0.290. The van der Waals surface area contributed by atoms with E-state index in [9.17, 15) is 0 Å². The highest BCUT2D eigenvalue weighted by Crippen LogP contribution is 2.41. The van der Waals surface area contributed by atoms with E-state index >= 15 is 0 Å². The molecule has 0 bridgehead atoms. The largest absolute Gasteiger partial charge is 0.464 e. The summed E-state index contributed by atoms with van der Waals surface area (Å²) in [5.41, 5.74) is 9.47. The van der Waals surface area contributed by atoms with E-state index in [1.807, 2.05) is 62.4 Å². The van der Waals surface area contributed by atoms with Crippen molar-refractivity contribution in [2.75, 3.05) is 0 Å². The highest BCUT2D eigenvalue weighted by Gasteiger charge is 2.23. The Morgan fingerprint density at radius 1 is 0.725 bits per heavy atom. The van der Waals surface area contributed by atoms with Crippen molar-refractivity contribution < 1.29 is 7.16 Å². The van der Waals surface area contributed by atoms with E-state index in [1.54, 1.807) is 6.26 Å². The number of aromatic nitrogens is 2. The first kappa shape index (κ1) is 22.0. The molecule has 2 heterocycles. The van der Waals surface area contributed by atoms with Gasteiger partial charge in [-0.2, -0.15) is 0 Å². The van der Waals surface area contributed by atoms with Gasteiger partial charge in [0.05, 0.1) is 22.3 Å². The Bertz CT molecular complexity index is 1980. The first-order valence-corrected chi connectivity index (χ1v) is 13.7. The fraction of sp³-hybridized carbons (Fsp3) is 0.108. The van der Waals surface area contributed by atoms with Gasteiger partial charge in [-0.3, -0.25) is 4.57 Å². The minimum Gasteiger partial charge on any atom is -0.464 e. The number of fused-ring (bicyclic) bond motifs is 2. The van der Waals surface area contributed by atoms with Crippen molar-refractivity contribution in [2.45, 2.75) is 20.2 Å². The molecule has 7 aromatic rings. The fourth-order valence-corrected chi connectivity index (χ4v) is 5.54. The van der Waals surface area contributed by atoms with Crippen LogP contribution in [0.4, 0.5) is 0 Å². The van der Waals surface area contributed by atoms with E-state index in [2.05, 4.69) is 77.4 Å². The van der Waals surface area contributed by atoms with Gasteiger partial charge in [-0.15, -0.1) is 0 Å². The smallest absolute Gasteiger partial charge is 0.149 e. The molecule has 0 spiro atoms. The number of rotatable bonds is 6. The molecule has 0 aliphatic heterocycles. The fourth-order valence-electron chi connectivity index (χ4n) is 5.54. The molecule has 0 aliphatic rings. The molecule has 5 aromatic carbocycles. The quantitative estimate of drug-likeness (QED) is 0.218. The lowest BCUT2D eigenvalue weighted by molar-refractivity contribution is 0.613. The lowest BCUT2D eigenvalue weighted by Gasteiger charge is -2.19. The van der Waals surface area contributed by atoms with Crippen LogP contribution in [-0.2, 0) is 6.37 Å². The monoisotopic (exact) mass is 520 g/mol. The zero-order chi connectivity index (χ0) is 28.8. The van der Waals surface area contributed by atoms with Crippen molar-refractivity contribution in [3.05, 3.63) is 133 Å². The second-order valence-corrected chi connectivity index (χ2v) is 10.4. The summed E-state index contributed by atoms with van der Waals surface area (Å²) < 4.78 is 25.6. The van der Waals surface area contributed by atoms with Gasteiger partial charge >= 0.3 is 0 Å². The third-order valence-corrected chi connectivity index (χ3v) is 7.26. The Kier molecular flexibility index (Phi) is 5.50. The van der Waals surface area contributed by atoms with Crippen molar-refractivity contribution in [3.8, 4) is 39.3 Å².